The van der Waals surface area contributed by atoms with Gasteiger partial charge in [-0.15, -0.1) is 0 Å². The second-order valence-electron chi connectivity index (χ2n) is 6.89. The number of benzene rings is 1. The van der Waals surface area contributed by atoms with Gasteiger partial charge in [0.2, 0.25) is 5.91 Å². The highest BCUT2D eigenvalue weighted by atomic mass is 16.2. The zero-order valence-corrected chi connectivity index (χ0v) is 16.2. The molecule has 0 spiro atoms. The molecule has 0 aliphatic carbocycles. The Bertz CT molecular complexity index is 1140. The Kier molecular flexibility index (Phi) is 4.73. The fraction of sp³-hybridized carbons (Fsp3) is 0.368. The van der Waals surface area contributed by atoms with Crippen LogP contribution in [0.5, 0.6) is 0 Å². The van der Waals surface area contributed by atoms with Crippen molar-refractivity contribution < 1.29 is 4.79 Å². The quantitative estimate of drug-likeness (QED) is 0.752. The van der Waals surface area contributed by atoms with Crippen molar-refractivity contribution in [2.45, 2.75) is 33.7 Å². The molecule has 0 aliphatic heterocycles. The highest BCUT2D eigenvalue weighted by molar-refractivity contribution is 5.92. The van der Waals surface area contributed by atoms with Crippen LogP contribution < -0.4 is 16.6 Å². The van der Waals surface area contributed by atoms with Crippen LogP contribution in [0.1, 0.15) is 23.1 Å². The Morgan fingerprint density at radius 1 is 1.07 bits per heavy atom. The molecule has 2 heterocycles. The minimum Gasteiger partial charge on any atom is -0.326 e. The summed E-state index contributed by atoms with van der Waals surface area (Å²) >= 11 is 0. The van der Waals surface area contributed by atoms with E-state index in [-0.39, 0.29) is 12.3 Å². The molecule has 3 rings (SSSR count). The first-order valence-corrected chi connectivity index (χ1v) is 8.69. The molecule has 8 nitrogen and oxygen atoms in total. The molecule has 27 heavy (non-hydrogen) atoms. The van der Waals surface area contributed by atoms with Crippen molar-refractivity contribution in [3.05, 3.63) is 56.0 Å². The monoisotopic (exact) mass is 369 g/mol. The summed E-state index contributed by atoms with van der Waals surface area (Å²) < 4.78 is 3.98. The predicted octanol–water partition coefficient (Wildman–Crippen LogP) is 1.39. The van der Waals surface area contributed by atoms with Gasteiger partial charge in [0.15, 0.2) is 11.2 Å². The summed E-state index contributed by atoms with van der Waals surface area (Å²) in [4.78, 5) is 41.0. The first-order chi connectivity index (χ1) is 12.7. The van der Waals surface area contributed by atoms with Crippen LogP contribution in [0.4, 0.5) is 5.69 Å². The van der Waals surface area contributed by atoms with Crippen molar-refractivity contribution in [3.63, 3.8) is 0 Å². The number of anilines is 1. The largest absolute Gasteiger partial charge is 0.332 e. The predicted molar refractivity (Wildman–Crippen MR) is 104 cm³/mol. The van der Waals surface area contributed by atoms with Crippen molar-refractivity contribution in [1.82, 2.24) is 18.7 Å². The molecule has 0 atom stereocenters. The maximum atomic E-state index is 12.4. The van der Waals surface area contributed by atoms with Crippen LogP contribution in [0, 0.1) is 20.8 Å². The van der Waals surface area contributed by atoms with Crippen molar-refractivity contribution in [2.24, 2.45) is 14.1 Å². The fourth-order valence-electron chi connectivity index (χ4n) is 3.37. The average molecular weight is 369 g/mol. The van der Waals surface area contributed by atoms with Crippen LogP contribution in [-0.4, -0.2) is 24.6 Å². The molecule has 0 aliphatic rings. The van der Waals surface area contributed by atoms with Gasteiger partial charge in [-0.25, -0.2) is 9.78 Å². The lowest BCUT2D eigenvalue weighted by atomic mass is 10.1. The standard InChI is InChI=1S/C19H23N5O3/c1-11-8-12(2)15(13(3)9-11)21-14(25)6-7-24-10-20-17-16(24)18(26)23(5)19(27)22(17)4/h8-10H,6-7H2,1-5H3,(H,21,25). The Labute approximate surface area is 156 Å². The lowest BCUT2D eigenvalue weighted by Crippen LogP contribution is -2.37. The van der Waals surface area contributed by atoms with Gasteiger partial charge >= 0.3 is 5.69 Å². The Morgan fingerprint density at radius 2 is 1.70 bits per heavy atom. The first kappa shape index (κ1) is 18.6. The summed E-state index contributed by atoms with van der Waals surface area (Å²) in [6.45, 7) is 6.23. The first-order valence-electron chi connectivity index (χ1n) is 8.69. The molecular formula is C19H23N5O3. The second kappa shape index (κ2) is 6.86. The molecule has 0 bridgehead atoms. The molecule has 0 unspecified atom stereocenters. The number of imidazole rings is 1. The number of hydrogen-bond donors (Lipinski definition) is 1. The number of nitrogens with one attached hydrogen (secondary N) is 1. The molecule has 0 saturated heterocycles. The number of rotatable bonds is 4. The van der Waals surface area contributed by atoms with E-state index in [0.29, 0.717) is 17.7 Å². The number of aromatic nitrogens is 4. The van der Waals surface area contributed by atoms with E-state index in [9.17, 15) is 14.4 Å². The van der Waals surface area contributed by atoms with Crippen molar-refractivity contribution in [3.8, 4) is 0 Å². The van der Waals surface area contributed by atoms with Crippen LogP contribution in [0.3, 0.4) is 0 Å². The van der Waals surface area contributed by atoms with Gasteiger partial charge in [-0.1, -0.05) is 17.7 Å². The number of carbonyl (C=O) groups excluding carboxylic acids is 1. The molecular weight excluding hydrogens is 346 g/mol. The van der Waals surface area contributed by atoms with E-state index in [1.165, 1.54) is 17.9 Å². The molecule has 1 amide bonds. The van der Waals surface area contributed by atoms with Gasteiger partial charge in [0.1, 0.15) is 0 Å². The minimum absolute atomic E-state index is 0.145. The van der Waals surface area contributed by atoms with Gasteiger partial charge < -0.3 is 9.88 Å². The Hall–Kier alpha value is -3.16. The van der Waals surface area contributed by atoms with Crippen LogP contribution in [0.15, 0.2) is 28.0 Å². The fourth-order valence-corrected chi connectivity index (χ4v) is 3.37. The van der Waals surface area contributed by atoms with Crippen LogP contribution in [0.2, 0.25) is 0 Å². The van der Waals surface area contributed by atoms with Gasteiger partial charge in [0, 0.05) is 32.7 Å². The molecule has 2 aromatic heterocycles. The third kappa shape index (κ3) is 3.30. The van der Waals surface area contributed by atoms with E-state index in [4.69, 9.17) is 0 Å². The third-order valence-corrected chi connectivity index (χ3v) is 4.74. The molecule has 0 saturated carbocycles. The zero-order valence-electron chi connectivity index (χ0n) is 16.2. The third-order valence-electron chi connectivity index (χ3n) is 4.74. The van der Waals surface area contributed by atoms with Gasteiger partial charge in [-0.2, -0.15) is 0 Å². The van der Waals surface area contributed by atoms with Crippen molar-refractivity contribution >= 4 is 22.8 Å². The maximum Gasteiger partial charge on any atom is 0.332 e. The number of fused-ring (bicyclic) bond motifs is 1. The van der Waals surface area contributed by atoms with Crippen LogP contribution in [-0.2, 0) is 25.4 Å². The Balaban J connectivity index is 1.83. The van der Waals surface area contributed by atoms with Crippen LogP contribution in [0.25, 0.3) is 11.2 Å². The lowest BCUT2D eigenvalue weighted by molar-refractivity contribution is -0.116. The summed E-state index contributed by atoms with van der Waals surface area (Å²) in [5.41, 5.74) is 3.77. The SMILES string of the molecule is Cc1cc(C)c(NC(=O)CCn2cnc3c2c(=O)n(C)c(=O)n3C)c(C)c1. The van der Waals surface area contributed by atoms with E-state index in [2.05, 4.69) is 10.3 Å². The van der Waals surface area contributed by atoms with Crippen molar-refractivity contribution in [2.75, 3.05) is 5.32 Å². The smallest absolute Gasteiger partial charge is 0.326 e. The molecule has 0 fully saturated rings. The van der Waals surface area contributed by atoms with Gasteiger partial charge in [0.05, 0.1) is 6.33 Å². The number of amides is 1. The van der Waals surface area contributed by atoms with E-state index in [1.54, 1.807) is 11.6 Å². The summed E-state index contributed by atoms with van der Waals surface area (Å²) in [6.07, 6.45) is 1.67. The van der Waals surface area contributed by atoms with E-state index in [1.807, 2.05) is 32.9 Å². The average Bonchev–Trinajstić information content (AvgIpc) is 3.03. The molecule has 1 N–H and O–H groups in total. The van der Waals surface area contributed by atoms with E-state index in [0.717, 1.165) is 26.9 Å². The summed E-state index contributed by atoms with van der Waals surface area (Å²) in [6, 6.07) is 4.05. The number of aryl methyl sites for hydroxylation is 5. The van der Waals surface area contributed by atoms with Crippen molar-refractivity contribution in [1.29, 1.82) is 0 Å². The van der Waals surface area contributed by atoms with E-state index < -0.39 is 11.2 Å². The maximum absolute atomic E-state index is 12.4. The van der Waals surface area contributed by atoms with Gasteiger partial charge in [-0.3, -0.25) is 18.7 Å². The number of hydrogen-bond acceptors (Lipinski definition) is 4. The Morgan fingerprint density at radius 3 is 2.33 bits per heavy atom. The topological polar surface area (TPSA) is 90.9 Å². The second-order valence-corrected chi connectivity index (χ2v) is 6.89. The highest BCUT2D eigenvalue weighted by Gasteiger charge is 2.15. The normalized spacial score (nSPS) is 11.1. The highest BCUT2D eigenvalue weighted by Crippen LogP contribution is 2.22. The summed E-state index contributed by atoms with van der Waals surface area (Å²) in [5, 5.41) is 2.95. The molecule has 0 radical (unpaired) electrons. The molecule has 8 heteroatoms. The van der Waals surface area contributed by atoms with Gasteiger partial charge in [-0.05, 0) is 31.9 Å². The number of nitrogens with zero attached hydrogens (tertiary/aromatic N) is 4. The molecule has 1 aromatic carbocycles. The van der Waals surface area contributed by atoms with E-state index >= 15 is 0 Å². The minimum atomic E-state index is -0.430. The summed E-state index contributed by atoms with van der Waals surface area (Å²) in [7, 11) is 2.99. The lowest BCUT2D eigenvalue weighted by Gasteiger charge is -2.13. The van der Waals surface area contributed by atoms with Crippen LogP contribution >= 0.6 is 0 Å². The number of carbonyl (C=O) groups is 1. The molecule has 3 aromatic rings. The van der Waals surface area contributed by atoms with Gasteiger partial charge in [0.25, 0.3) is 5.56 Å². The zero-order chi connectivity index (χ0) is 19.9. The summed E-state index contributed by atoms with van der Waals surface area (Å²) in [5.74, 6) is -0.145. The molecule has 142 valence electrons.